The van der Waals surface area contributed by atoms with Gasteiger partial charge in [-0.05, 0) is 37.8 Å². The Morgan fingerprint density at radius 3 is 2.59 bits per heavy atom. The van der Waals surface area contributed by atoms with Crippen LogP contribution in [-0.2, 0) is 4.79 Å². The maximum atomic E-state index is 12.3. The summed E-state index contributed by atoms with van der Waals surface area (Å²) in [6.07, 6.45) is 4.52. The number of hydrogen-bond donors (Lipinski definition) is 1. The van der Waals surface area contributed by atoms with E-state index < -0.39 is 0 Å². The molecule has 0 saturated carbocycles. The fourth-order valence-electron chi connectivity index (χ4n) is 3.36. The number of piperidine rings is 1. The molecule has 0 spiro atoms. The fraction of sp³-hybridized carbons (Fsp3) is 0.562. The third kappa shape index (κ3) is 3.50. The molecule has 0 radical (unpaired) electrons. The molecular weight excluding hydrogens is 323 g/mol. The lowest BCUT2D eigenvalue weighted by atomic mass is 9.98. The van der Waals surface area contributed by atoms with E-state index in [4.69, 9.17) is 27.9 Å². The van der Waals surface area contributed by atoms with Gasteiger partial charge in [0.15, 0.2) is 6.61 Å². The number of carbonyl (C=O) groups is 1. The summed E-state index contributed by atoms with van der Waals surface area (Å²) in [7, 11) is 1.87. The summed E-state index contributed by atoms with van der Waals surface area (Å²) in [6, 6.07) is 6.44. The maximum absolute atomic E-state index is 12.3. The number of benzene rings is 1. The lowest BCUT2D eigenvalue weighted by Crippen LogP contribution is -2.49. The molecule has 2 unspecified atom stereocenters. The van der Waals surface area contributed by atoms with Crippen molar-refractivity contribution in [1.82, 2.24) is 10.2 Å². The highest BCUT2D eigenvalue weighted by molar-refractivity contribution is 6.42. The van der Waals surface area contributed by atoms with Crippen LogP contribution in [0.1, 0.15) is 25.7 Å². The summed E-state index contributed by atoms with van der Waals surface area (Å²) in [5.41, 5.74) is 0. The largest absolute Gasteiger partial charge is 0.484 e. The van der Waals surface area contributed by atoms with Gasteiger partial charge in [0.05, 0.1) is 10.0 Å². The van der Waals surface area contributed by atoms with Gasteiger partial charge < -0.3 is 15.0 Å². The second kappa shape index (κ2) is 6.65. The minimum Gasteiger partial charge on any atom is -0.484 e. The number of rotatable bonds is 4. The molecule has 0 aromatic heterocycles. The van der Waals surface area contributed by atoms with Crippen molar-refractivity contribution in [3.8, 4) is 5.75 Å². The number of fused-ring (bicyclic) bond motifs is 2. The summed E-state index contributed by atoms with van der Waals surface area (Å²) >= 11 is 11.8. The first-order valence-electron chi connectivity index (χ1n) is 7.62. The second-order valence-electron chi connectivity index (χ2n) is 6.13. The minimum absolute atomic E-state index is 0.00243. The van der Waals surface area contributed by atoms with Gasteiger partial charge in [-0.3, -0.25) is 4.79 Å². The lowest BCUT2D eigenvalue weighted by molar-refractivity contribution is -0.134. The van der Waals surface area contributed by atoms with E-state index in [0.29, 0.717) is 33.9 Å². The first-order chi connectivity index (χ1) is 10.5. The van der Waals surface area contributed by atoms with Crippen molar-refractivity contribution in [2.45, 2.75) is 43.8 Å². The topological polar surface area (TPSA) is 41.6 Å². The summed E-state index contributed by atoms with van der Waals surface area (Å²) in [5.74, 6) is 0.555. The Balaban J connectivity index is 1.53. The molecule has 2 aliphatic heterocycles. The molecule has 1 N–H and O–H groups in total. The fourth-order valence-corrected chi connectivity index (χ4v) is 3.65. The molecule has 2 aliphatic rings. The van der Waals surface area contributed by atoms with Crippen molar-refractivity contribution in [3.05, 3.63) is 28.2 Å². The monoisotopic (exact) mass is 342 g/mol. The molecule has 2 fully saturated rings. The van der Waals surface area contributed by atoms with Crippen LogP contribution in [0.15, 0.2) is 18.2 Å². The van der Waals surface area contributed by atoms with Gasteiger partial charge in [0.25, 0.3) is 5.91 Å². The lowest BCUT2D eigenvalue weighted by Gasteiger charge is -2.35. The van der Waals surface area contributed by atoms with Crippen LogP contribution in [-0.4, -0.2) is 42.6 Å². The molecule has 6 heteroatoms. The van der Waals surface area contributed by atoms with Crippen LogP contribution < -0.4 is 10.1 Å². The normalized spacial score (nSPS) is 26.8. The van der Waals surface area contributed by atoms with Crippen LogP contribution in [0.3, 0.4) is 0 Å². The maximum Gasteiger partial charge on any atom is 0.260 e. The van der Waals surface area contributed by atoms with E-state index in [0.717, 1.165) is 12.8 Å². The van der Waals surface area contributed by atoms with Gasteiger partial charge in [-0.25, -0.2) is 0 Å². The average Bonchev–Trinajstić information content (AvgIpc) is 2.85. The van der Waals surface area contributed by atoms with Crippen molar-refractivity contribution < 1.29 is 9.53 Å². The quantitative estimate of drug-likeness (QED) is 0.913. The number of likely N-dealkylation sites (N-methyl/N-ethyl adjacent to an activating group) is 1. The van der Waals surface area contributed by atoms with E-state index in [1.807, 2.05) is 11.9 Å². The first kappa shape index (κ1) is 15.9. The van der Waals surface area contributed by atoms with E-state index in [1.165, 1.54) is 12.8 Å². The summed E-state index contributed by atoms with van der Waals surface area (Å²) in [5, 5.41) is 4.49. The summed E-state index contributed by atoms with van der Waals surface area (Å²) in [6.45, 7) is 0.0216. The smallest absolute Gasteiger partial charge is 0.260 e. The Morgan fingerprint density at radius 2 is 1.95 bits per heavy atom. The Kier molecular flexibility index (Phi) is 4.81. The Hall–Kier alpha value is -0.970. The second-order valence-corrected chi connectivity index (χ2v) is 6.95. The molecular formula is C16H20Cl2N2O2. The zero-order chi connectivity index (χ0) is 15.7. The highest BCUT2D eigenvalue weighted by Gasteiger charge is 2.36. The Labute approximate surface area is 140 Å². The third-order valence-electron chi connectivity index (χ3n) is 4.64. The van der Waals surface area contributed by atoms with Gasteiger partial charge in [-0.1, -0.05) is 23.2 Å². The number of nitrogens with one attached hydrogen (secondary N) is 1. The van der Waals surface area contributed by atoms with E-state index >= 15 is 0 Å². The third-order valence-corrected chi connectivity index (χ3v) is 5.38. The van der Waals surface area contributed by atoms with Crippen LogP contribution in [0.2, 0.25) is 10.0 Å². The molecule has 2 saturated heterocycles. The molecule has 1 amide bonds. The number of amides is 1. The highest BCUT2D eigenvalue weighted by atomic mass is 35.5. The predicted octanol–water partition coefficient (Wildman–Crippen LogP) is 3.11. The molecule has 3 rings (SSSR count). The van der Waals surface area contributed by atoms with Crippen LogP contribution in [0.25, 0.3) is 0 Å². The van der Waals surface area contributed by atoms with Gasteiger partial charge in [-0.15, -0.1) is 0 Å². The van der Waals surface area contributed by atoms with Gasteiger partial charge in [0.1, 0.15) is 5.75 Å². The van der Waals surface area contributed by atoms with Gasteiger partial charge in [-0.2, -0.15) is 0 Å². The van der Waals surface area contributed by atoms with Crippen molar-refractivity contribution >= 4 is 29.1 Å². The van der Waals surface area contributed by atoms with E-state index in [1.54, 1.807) is 18.2 Å². The minimum atomic E-state index is -0.00243. The van der Waals surface area contributed by atoms with Crippen molar-refractivity contribution in [3.63, 3.8) is 0 Å². The number of nitrogens with zero attached hydrogens (tertiary/aromatic N) is 1. The zero-order valence-corrected chi connectivity index (χ0v) is 14.0. The standard InChI is InChI=1S/C16H20Cl2N2O2/c1-20(12-6-10-2-3-11(7-12)19-10)16(21)9-22-13-4-5-14(17)15(18)8-13/h4-5,8,10-12,19H,2-3,6-7,9H2,1H3. The van der Waals surface area contributed by atoms with Gasteiger partial charge in [0.2, 0.25) is 0 Å². The summed E-state index contributed by atoms with van der Waals surface area (Å²) in [4.78, 5) is 14.2. The van der Waals surface area contributed by atoms with E-state index in [2.05, 4.69) is 5.32 Å². The number of carbonyl (C=O) groups excluding carboxylic acids is 1. The predicted molar refractivity (Wildman–Crippen MR) is 87.7 cm³/mol. The van der Waals surface area contributed by atoms with Crippen molar-refractivity contribution in [2.75, 3.05) is 13.7 Å². The molecule has 2 atom stereocenters. The van der Waals surface area contributed by atoms with Crippen LogP contribution in [0, 0.1) is 0 Å². The number of ether oxygens (including phenoxy) is 1. The molecule has 2 heterocycles. The zero-order valence-electron chi connectivity index (χ0n) is 12.5. The van der Waals surface area contributed by atoms with Gasteiger partial charge in [0, 0.05) is 31.2 Å². The van der Waals surface area contributed by atoms with Crippen LogP contribution in [0.5, 0.6) is 5.75 Å². The molecule has 22 heavy (non-hydrogen) atoms. The number of halogens is 2. The van der Waals surface area contributed by atoms with Crippen molar-refractivity contribution in [2.24, 2.45) is 0 Å². The van der Waals surface area contributed by atoms with Crippen molar-refractivity contribution in [1.29, 1.82) is 0 Å². The Morgan fingerprint density at radius 1 is 1.27 bits per heavy atom. The molecule has 1 aromatic rings. The SMILES string of the molecule is CN(C(=O)COc1ccc(Cl)c(Cl)c1)C1CC2CCC(C1)N2. The van der Waals surface area contributed by atoms with Crippen LogP contribution in [0.4, 0.5) is 0 Å². The molecule has 4 nitrogen and oxygen atoms in total. The highest BCUT2D eigenvalue weighted by Crippen LogP contribution is 2.29. The Bertz CT molecular complexity index is 555. The van der Waals surface area contributed by atoms with Crippen LogP contribution >= 0.6 is 23.2 Å². The molecule has 120 valence electrons. The summed E-state index contributed by atoms with van der Waals surface area (Å²) < 4.78 is 5.53. The van der Waals surface area contributed by atoms with Gasteiger partial charge >= 0.3 is 0 Å². The van der Waals surface area contributed by atoms with E-state index in [-0.39, 0.29) is 12.5 Å². The molecule has 0 aliphatic carbocycles. The molecule has 1 aromatic carbocycles. The molecule has 2 bridgehead atoms. The average molecular weight is 343 g/mol. The first-order valence-corrected chi connectivity index (χ1v) is 8.38. The van der Waals surface area contributed by atoms with E-state index in [9.17, 15) is 4.79 Å². The number of hydrogen-bond acceptors (Lipinski definition) is 3.